The average molecular weight is 305 g/mol. The van der Waals surface area contributed by atoms with Crippen LogP contribution in [0.25, 0.3) is 22.3 Å². The molecule has 0 amide bonds. The van der Waals surface area contributed by atoms with Crippen LogP contribution in [0.5, 0.6) is 0 Å². The summed E-state index contributed by atoms with van der Waals surface area (Å²) in [5.41, 5.74) is 5.50. The minimum absolute atomic E-state index is 0.657. The van der Waals surface area contributed by atoms with Gasteiger partial charge in [-0.2, -0.15) is 0 Å². The van der Waals surface area contributed by atoms with E-state index in [2.05, 4.69) is 26.2 Å². The SMILES string of the molecule is Cc1noc(C)c1-c1cnc2ncn(Cc3ccccn3)c2c1. The summed E-state index contributed by atoms with van der Waals surface area (Å²) in [6.07, 6.45) is 5.40. The number of rotatable bonds is 3. The summed E-state index contributed by atoms with van der Waals surface area (Å²) in [5, 5.41) is 4.02. The predicted octanol–water partition coefficient (Wildman–Crippen LogP) is 3.15. The van der Waals surface area contributed by atoms with Crippen molar-refractivity contribution in [1.82, 2.24) is 24.7 Å². The molecule has 0 spiro atoms. The molecule has 0 radical (unpaired) electrons. The first-order chi connectivity index (χ1) is 11.2. The molecule has 4 aromatic heterocycles. The Balaban J connectivity index is 1.80. The summed E-state index contributed by atoms with van der Waals surface area (Å²) < 4.78 is 7.31. The number of aryl methyl sites for hydroxylation is 2. The second kappa shape index (κ2) is 5.31. The second-order valence-electron chi connectivity index (χ2n) is 5.46. The molecule has 0 aliphatic rings. The van der Waals surface area contributed by atoms with Crippen molar-refractivity contribution < 1.29 is 4.52 Å². The Labute approximate surface area is 132 Å². The maximum Gasteiger partial charge on any atom is 0.177 e. The first kappa shape index (κ1) is 13.6. The quantitative estimate of drug-likeness (QED) is 0.581. The van der Waals surface area contributed by atoms with Crippen molar-refractivity contribution in [3.05, 3.63) is 60.1 Å². The smallest absolute Gasteiger partial charge is 0.177 e. The van der Waals surface area contributed by atoms with Crippen LogP contribution in [0.15, 0.2) is 47.5 Å². The van der Waals surface area contributed by atoms with E-state index >= 15 is 0 Å². The van der Waals surface area contributed by atoms with Crippen LogP contribution >= 0.6 is 0 Å². The Hall–Kier alpha value is -3.02. The molecule has 0 atom stereocenters. The molecule has 6 nitrogen and oxygen atoms in total. The highest BCUT2D eigenvalue weighted by atomic mass is 16.5. The topological polar surface area (TPSA) is 69.6 Å². The number of pyridine rings is 2. The van der Waals surface area contributed by atoms with Crippen molar-refractivity contribution >= 4 is 11.2 Å². The maximum atomic E-state index is 5.26. The van der Waals surface area contributed by atoms with E-state index < -0.39 is 0 Å². The zero-order valence-electron chi connectivity index (χ0n) is 12.9. The average Bonchev–Trinajstić information content (AvgIpc) is 3.12. The van der Waals surface area contributed by atoms with Gasteiger partial charge >= 0.3 is 0 Å². The van der Waals surface area contributed by atoms with Crippen molar-refractivity contribution in [3.63, 3.8) is 0 Å². The lowest BCUT2D eigenvalue weighted by atomic mass is 10.1. The summed E-state index contributed by atoms with van der Waals surface area (Å²) in [4.78, 5) is 13.2. The second-order valence-corrected chi connectivity index (χ2v) is 5.46. The number of hydrogen-bond acceptors (Lipinski definition) is 5. The number of nitrogens with zero attached hydrogens (tertiary/aromatic N) is 5. The van der Waals surface area contributed by atoms with E-state index in [1.54, 1.807) is 12.5 Å². The highest BCUT2D eigenvalue weighted by Crippen LogP contribution is 2.28. The van der Waals surface area contributed by atoms with Crippen LogP contribution in [0.2, 0.25) is 0 Å². The minimum Gasteiger partial charge on any atom is -0.361 e. The molecule has 0 aromatic carbocycles. The van der Waals surface area contributed by atoms with Crippen LogP contribution in [0, 0.1) is 13.8 Å². The van der Waals surface area contributed by atoms with Gasteiger partial charge < -0.3 is 9.09 Å². The van der Waals surface area contributed by atoms with Crippen molar-refractivity contribution in [3.8, 4) is 11.1 Å². The normalized spacial score (nSPS) is 11.2. The third-order valence-electron chi connectivity index (χ3n) is 3.86. The number of aromatic nitrogens is 5. The Kier molecular flexibility index (Phi) is 3.15. The van der Waals surface area contributed by atoms with E-state index in [0.29, 0.717) is 6.54 Å². The molecule has 0 saturated carbocycles. The molecule has 0 saturated heterocycles. The fourth-order valence-electron chi connectivity index (χ4n) is 2.77. The van der Waals surface area contributed by atoms with E-state index in [4.69, 9.17) is 4.52 Å². The summed E-state index contributed by atoms with van der Waals surface area (Å²) in [6, 6.07) is 7.96. The van der Waals surface area contributed by atoms with Crippen LogP contribution < -0.4 is 0 Å². The number of hydrogen-bond donors (Lipinski definition) is 0. The van der Waals surface area contributed by atoms with Gasteiger partial charge in [-0.1, -0.05) is 11.2 Å². The minimum atomic E-state index is 0.657. The van der Waals surface area contributed by atoms with Crippen LogP contribution in [0.4, 0.5) is 0 Å². The van der Waals surface area contributed by atoms with E-state index in [1.807, 2.05) is 42.8 Å². The molecule has 0 bridgehead atoms. The van der Waals surface area contributed by atoms with Gasteiger partial charge in [0, 0.05) is 23.5 Å². The highest BCUT2D eigenvalue weighted by molar-refractivity contribution is 5.79. The molecule has 4 aromatic rings. The molecule has 114 valence electrons. The van der Waals surface area contributed by atoms with E-state index in [-0.39, 0.29) is 0 Å². The molecule has 6 heteroatoms. The zero-order chi connectivity index (χ0) is 15.8. The molecule has 4 heterocycles. The summed E-state index contributed by atoms with van der Waals surface area (Å²) in [6.45, 7) is 4.50. The molecule has 0 N–H and O–H groups in total. The first-order valence-electron chi connectivity index (χ1n) is 7.36. The van der Waals surface area contributed by atoms with Crippen LogP contribution in [-0.2, 0) is 6.54 Å². The van der Waals surface area contributed by atoms with Gasteiger partial charge in [0.1, 0.15) is 5.76 Å². The van der Waals surface area contributed by atoms with Gasteiger partial charge in [-0.25, -0.2) is 9.97 Å². The third-order valence-corrected chi connectivity index (χ3v) is 3.86. The van der Waals surface area contributed by atoms with Crippen molar-refractivity contribution in [2.45, 2.75) is 20.4 Å². The molecule has 0 fully saturated rings. The lowest BCUT2D eigenvalue weighted by Gasteiger charge is -2.05. The van der Waals surface area contributed by atoms with Gasteiger partial charge in [0.2, 0.25) is 0 Å². The van der Waals surface area contributed by atoms with Gasteiger partial charge in [-0.05, 0) is 32.0 Å². The fraction of sp³-hybridized carbons (Fsp3) is 0.176. The van der Waals surface area contributed by atoms with Gasteiger partial charge in [0.15, 0.2) is 5.65 Å². The Morgan fingerprint density at radius 2 is 2.04 bits per heavy atom. The predicted molar refractivity (Wildman–Crippen MR) is 85.8 cm³/mol. The lowest BCUT2D eigenvalue weighted by Crippen LogP contribution is -2.00. The summed E-state index contributed by atoms with van der Waals surface area (Å²) >= 11 is 0. The van der Waals surface area contributed by atoms with Crippen LogP contribution in [-0.4, -0.2) is 24.7 Å². The fourth-order valence-corrected chi connectivity index (χ4v) is 2.77. The number of fused-ring (bicyclic) bond motifs is 1. The number of imidazole rings is 1. The maximum absolute atomic E-state index is 5.26. The Morgan fingerprint density at radius 1 is 1.13 bits per heavy atom. The van der Waals surface area contributed by atoms with E-state index in [1.165, 1.54) is 0 Å². The van der Waals surface area contributed by atoms with Gasteiger partial charge in [0.25, 0.3) is 0 Å². The molecule has 4 rings (SSSR count). The van der Waals surface area contributed by atoms with Gasteiger partial charge in [-0.3, -0.25) is 4.98 Å². The largest absolute Gasteiger partial charge is 0.361 e. The standard InChI is InChI=1S/C17H15N5O/c1-11-16(12(2)23-21-11)13-7-15-17(19-8-13)20-10-22(15)9-14-5-3-4-6-18-14/h3-8,10H,9H2,1-2H3. The van der Waals surface area contributed by atoms with Crippen molar-refractivity contribution in [1.29, 1.82) is 0 Å². The van der Waals surface area contributed by atoms with Crippen LogP contribution in [0.3, 0.4) is 0 Å². The zero-order valence-corrected chi connectivity index (χ0v) is 12.9. The van der Waals surface area contributed by atoms with Crippen LogP contribution in [0.1, 0.15) is 17.1 Å². The lowest BCUT2D eigenvalue weighted by molar-refractivity contribution is 0.393. The summed E-state index contributed by atoms with van der Waals surface area (Å²) in [5.74, 6) is 0.791. The first-order valence-corrected chi connectivity index (χ1v) is 7.36. The van der Waals surface area contributed by atoms with E-state index in [0.717, 1.165) is 39.4 Å². The molecule has 0 aliphatic heterocycles. The molecular formula is C17H15N5O. The summed E-state index contributed by atoms with van der Waals surface area (Å²) in [7, 11) is 0. The third kappa shape index (κ3) is 2.38. The molecule has 0 unspecified atom stereocenters. The Morgan fingerprint density at radius 3 is 2.78 bits per heavy atom. The van der Waals surface area contributed by atoms with Crippen molar-refractivity contribution in [2.75, 3.05) is 0 Å². The molecular weight excluding hydrogens is 290 g/mol. The molecule has 23 heavy (non-hydrogen) atoms. The molecule has 0 aliphatic carbocycles. The Bertz CT molecular complexity index is 952. The van der Waals surface area contributed by atoms with E-state index in [9.17, 15) is 0 Å². The van der Waals surface area contributed by atoms with Crippen molar-refractivity contribution in [2.24, 2.45) is 0 Å². The van der Waals surface area contributed by atoms with Gasteiger partial charge in [-0.15, -0.1) is 0 Å². The van der Waals surface area contributed by atoms with Gasteiger partial charge in [0.05, 0.1) is 29.8 Å². The highest BCUT2D eigenvalue weighted by Gasteiger charge is 2.14. The monoisotopic (exact) mass is 305 g/mol.